The average molecular weight is 455 g/mol. The number of anilines is 1. The zero-order valence-electron chi connectivity index (χ0n) is 18.0. The third-order valence-corrected chi connectivity index (χ3v) is 7.68. The molecule has 0 fully saturated rings. The van der Waals surface area contributed by atoms with Crippen molar-refractivity contribution in [2.24, 2.45) is 0 Å². The maximum absolute atomic E-state index is 12.9. The predicted molar refractivity (Wildman–Crippen MR) is 127 cm³/mol. The molecule has 1 amide bonds. The third-order valence-electron chi connectivity index (χ3n) is 5.14. The Kier molecular flexibility index (Phi) is 7.08. The molecule has 0 bridgehead atoms. The lowest BCUT2D eigenvalue weighted by Crippen LogP contribution is -2.28. The normalized spacial score (nSPS) is 12.3. The molecule has 31 heavy (non-hydrogen) atoms. The number of carbonyl (C=O) groups is 1. The largest absolute Gasteiger partial charge is 0.346 e. The average Bonchev–Trinajstić information content (AvgIpc) is 2.79. The molecule has 1 N–H and O–H groups in total. The predicted octanol–water partition coefficient (Wildman–Crippen LogP) is 5.03. The van der Waals surface area contributed by atoms with Crippen LogP contribution in [0.2, 0.25) is 0 Å². The van der Waals surface area contributed by atoms with E-state index in [1.807, 2.05) is 44.4 Å². The van der Waals surface area contributed by atoms with Gasteiger partial charge in [0.1, 0.15) is 0 Å². The monoisotopic (exact) mass is 454 g/mol. The quantitative estimate of drug-likeness (QED) is 0.508. The lowest BCUT2D eigenvalue weighted by Gasteiger charge is -2.20. The molecule has 0 aliphatic heterocycles. The van der Waals surface area contributed by atoms with Gasteiger partial charge in [-0.25, -0.2) is 8.42 Å². The lowest BCUT2D eigenvalue weighted by atomic mass is 10.1. The van der Waals surface area contributed by atoms with Gasteiger partial charge in [0.05, 0.1) is 16.6 Å². The van der Waals surface area contributed by atoms with Gasteiger partial charge in [-0.1, -0.05) is 29.8 Å². The molecule has 0 spiro atoms. The molecule has 3 rings (SSSR count). The number of benzene rings is 3. The van der Waals surface area contributed by atoms with E-state index in [9.17, 15) is 13.2 Å². The molecule has 0 aromatic heterocycles. The standard InChI is InChI=1S/C24H26N2O3S2/c1-17-5-7-19(8-6-17)18(2)25-24(27)20-9-11-21(12-10-20)26(3)31(28,29)23-15-13-22(30-4)14-16-23/h5-16,18H,1-4H3,(H,25,27). The van der Waals surface area contributed by atoms with Crippen molar-refractivity contribution >= 4 is 33.4 Å². The van der Waals surface area contributed by atoms with E-state index in [1.54, 1.807) is 60.3 Å². The van der Waals surface area contributed by atoms with Crippen molar-refractivity contribution in [1.29, 1.82) is 0 Å². The topological polar surface area (TPSA) is 66.5 Å². The summed E-state index contributed by atoms with van der Waals surface area (Å²) in [6, 6.07) is 21.2. The highest BCUT2D eigenvalue weighted by molar-refractivity contribution is 7.98. The van der Waals surface area contributed by atoms with Gasteiger partial charge in [-0.05, 0) is 74.2 Å². The fourth-order valence-corrected chi connectivity index (χ4v) is 4.69. The van der Waals surface area contributed by atoms with Gasteiger partial charge >= 0.3 is 0 Å². The van der Waals surface area contributed by atoms with E-state index in [0.717, 1.165) is 16.0 Å². The van der Waals surface area contributed by atoms with Gasteiger partial charge in [0.2, 0.25) is 0 Å². The van der Waals surface area contributed by atoms with Crippen LogP contribution in [0.25, 0.3) is 0 Å². The van der Waals surface area contributed by atoms with Gasteiger partial charge in [0, 0.05) is 17.5 Å². The Morgan fingerprint density at radius 3 is 2.06 bits per heavy atom. The van der Waals surface area contributed by atoms with Gasteiger partial charge in [-0.15, -0.1) is 11.8 Å². The molecule has 7 heteroatoms. The fourth-order valence-electron chi connectivity index (χ4n) is 3.09. The highest BCUT2D eigenvalue weighted by atomic mass is 32.2. The first-order valence-corrected chi connectivity index (χ1v) is 12.5. The lowest BCUT2D eigenvalue weighted by molar-refractivity contribution is 0.0940. The Hall–Kier alpha value is -2.77. The summed E-state index contributed by atoms with van der Waals surface area (Å²) in [4.78, 5) is 13.8. The van der Waals surface area contributed by atoms with Crippen molar-refractivity contribution in [2.45, 2.75) is 29.7 Å². The van der Waals surface area contributed by atoms with Crippen molar-refractivity contribution in [3.8, 4) is 0 Å². The molecule has 0 saturated carbocycles. The number of sulfonamides is 1. The van der Waals surface area contributed by atoms with E-state index in [2.05, 4.69) is 5.32 Å². The maximum atomic E-state index is 12.9. The van der Waals surface area contributed by atoms with E-state index in [-0.39, 0.29) is 16.8 Å². The molecule has 162 valence electrons. The molecule has 1 atom stereocenters. The summed E-state index contributed by atoms with van der Waals surface area (Å²) in [7, 11) is -2.18. The molecule has 0 radical (unpaired) electrons. The number of thioether (sulfide) groups is 1. The maximum Gasteiger partial charge on any atom is 0.264 e. The Labute approximate surface area is 188 Å². The molecule has 3 aromatic carbocycles. The molecule has 0 aliphatic rings. The van der Waals surface area contributed by atoms with Gasteiger partial charge in [0.25, 0.3) is 15.9 Å². The Bertz CT molecular complexity index is 1140. The van der Waals surface area contributed by atoms with Crippen molar-refractivity contribution in [2.75, 3.05) is 17.6 Å². The van der Waals surface area contributed by atoms with Crippen LogP contribution in [0.1, 0.15) is 34.5 Å². The smallest absolute Gasteiger partial charge is 0.264 e. The van der Waals surface area contributed by atoms with Crippen LogP contribution in [0.4, 0.5) is 5.69 Å². The molecule has 3 aromatic rings. The molecule has 0 heterocycles. The van der Waals surface area contributed by atoms with Crippen molar-refractivity contribution in [3.63, 3.8) is 0 Å². The van der Waals surface area contributed by atoms with Crippen LogP contribution < -0.4 is 9.62 Å². The van der Waals surface area contributed by atoms with Crippen LogP contribution in [-0.2, 0) is 10.0 Å². The molecule has 0 aliphatic carbocycles. The van der Waals surface area contributed by atoms with Crippen molar-refractivity contribution in [3.05, 3.63) is 89.5 Å². The number of amides is 1. The second-order valence-electron chi connectivity index (χ2n) is 7.30. The highest BCUT2D eigenvalue weighted by Crippen LogP contribution is 2.24. The Balaban J connectivity index is 1.72. The second kappa shape index (κ2) is 9.58. The van der Waals surface area contributed by atoms with Crippen LogP contribution in [0.3, 0.4) is 0 Å². The summed E-state index contributed by atoms with van der Waals surface area (Å²) in [5.74, 6) is -0.210. The van der Waals surface area contributed by atoms with Crippen molar-refractivity contribution in [1.82, 2.24) is 5.32 Å². The summed E-state index contributed by atoms with van der Waals surface area (Å²) in [5.41, 5.74) is 3.14. The molecule has 5 nitrogen and oxygen atoms in total. The number of rotatable bonds is 7. The number of carbonyl (C=O) groups excluding carboxylic acids is 1. The molecule has 1 unspecified atom stereocenters. The van der Waals surface area contributed by atoms with E-state index in [4.69, 9.17) is 0 Å². The first-order chi connectivity index (χ1) is 14.7. The molecular weight excluding hydrogens is 428 g/mol. The van der Waals surface area contributed by atoms with Crippen LogP contribution in [0.5, 0.6) is 0 Å². The Morgan fingerprint density at radius 1 is 0.935 bits per heavy atom. The summed E-state index contributed by atoms with van der Waals surface area (Å²) in [6.45, 7) is 3.95. The summed E-state index contributed by atoms with van der Waals surface area (Å²) in [5, 5.41) is 2.97. The summed E-state index contributed by atoms with van der Waals surface area (Å²) < 4.78 is 27.1. The van der Waals surface area contributed by atoms with Crippen LogP contribution >= 0.6 is 11.8 Å². The first-order valence-electron chi connectivity index (χ1n) is 9.83. The zero-order chi connectivity index (χ0) is 22.6. The summed E-state index contributed by atoms with van der Waals surface area (Å²) >= 11 is 1.55. The number of nitrogens with one attached hydrogen (secondary N) is 1. The minimum atomic E-state index is -3.69. The zero-order valence-corrected chi connectivity index (χ0v) is 19.6. The summed E-state index contributed by atoms with van der Waals surface area (Å²) in [6.07, 6.45) is 1.94. The Morgan fingerprint density at radius 2 is 1.52 bits per heavy atom. The second-order valence-corrected chi connectivity index (χ2v) is 10.1. The van der Waals surface area contributed by atoms with Crippen LogP contribution in [-0.4, -0.2) is 27.6 Å². The van der Waals surface area contributed by atoms with Crippen LogP contribution in [0.15, 0.2) is 82.6 Å². The van der Waals surface area contributed by atoms with Gasteiger partial charge in [-0.2, -0.15) is 0 Å². The van der Waals surface area contributed by atoms with Gasteiger partial charge in [-0.3, -0.25) is 9.10 Å². The van der Waals surface area contributed by atoms with E-state index in [1.165, 1.54) is 11.4 Å². The van der Waals surface area contributed by atoms with Gasteiger partial charge in [0.15, 0.2) is 0 Å². The van der Waals surface area contributed by atoms with Crippen molar-refractivity contribution < 1.29 is 13.2 Å². The fraction of sp³-hybridized carbons (Fsp3) is 0.208. The van der Waals surface area contributed by atoms with Gasteiger partial charge < -0.3 is 5.32 Å². The highest BCUT2D eigenvalue weighted by Gasteiger charge is 2.21. The first kappa shape index (κ1) is 22.9. The van der Waals surface area contributed by atoms with Crippen LogP contribution in [0, 0.1) is 6.92 Å². The number of nitrogens with zero attached hydrogens (tertiary/aromatic N) is 1. The molecular formula is C24H26N2O3S2. The SMILES string of the molecule is CSc1ccc(S(=O)(=O)N(C)c2ccc(C(=O)NC(C)c3ccc(C)cc3)cc2)cc1. The van der Waals surface area contributed by atoms with E-state index in [0.29, 0.717) is 11.3 Å². The van der Waals surface area contributed by atoms with E-state index < -0.39 is 10.0 Å². The third kappa shape index (κ3) is 5.29. The minimum absolute atomic E-state index is 0.139. The number of aryl methyl sites for hydroxylation is 1. The number of hydrogen-bond donors (Lipinski definition) is 1. The van der Waals surface area contributed by atoms with E-state index >= 15 is 0 Å². The number of hydrogen-bond acceptors (Lipinski definition) is 4. The minimum Gasteiger partial charge on any atom is -0.346 e. The molecule has 0 saturated heterocycles.